The quantitative estimate of drug-likeness (QED) is 0.689. The van der Waals surface area contributed by atoms with Gasteiger partial charge in [0.25, 0.3) is 5.91 Å². The van der Waals surface area contributed by atoms with E-state index in [1.54, 1.807) is 11.8 Å². The van der Waals surface area contributed by atoms with E-state index in [2.05, 4.69) is 17.2 Å². The molecule has 9 heteroatoms. The molecule has 0 spiro atoms. The molecule has 6 rings (SSSR count). The number of aromatic nitrogens is 3. The first kappa shape index (κ1) is 18.8. The van der Waals surface area contributed by atoms with Crippen LogP contribution in [0.5, 0.6) is 0 Å². The number of thioether (sulfide) groups is 1. The Hall–Kier alpha value is -1.94. The standard InChI is InChI=1S/C21H24N4O4S/c1-4-12-14-10-27-16-13(9-24(14)23-22-12)25-19(26)11-7-5-6-8-15(11)30-20(25)18-17(16)28-21(2,3)29-18/h5-8,13,16-18,20H,4,9-10H2,1-3H3/t13-,16+,17-,18-,20-/m0/s1. The zero-order valence-electron chi connectivity index (χ0n) is 17.1. The van der Waals surface area contributed by atoms with Crippen LogP contribution in [0.2, 0.25) is 0 Å². The van der Waals surface area contributed by atoms with Gasteiger partial charge in [-0.25, -0.2) is 4.68 Å². The molecule has 4 aliphatic rings. The molecule has 2 saturated heterocycles. The van der Waals surface area contributed by atoms with Crippen molar-refractivity contribution < 1.29 is 19.0 Å². The Bertz CT molecular complexity index is 1020. The summed E-state index contributed by atoms with van der Waals surface area (Å²) >= 11 is 1.67. The lowest BCUT2D eigenvalue weighted by molar-refractivity contribution is -0.162. The van der Waals surface area contributed by atoms with Crippen LogP contribution >= 0.6 is 11.8 Å². The molecule has 1 aromatic heterocycles. The smallest absolute Gasteiger partial charge is 0.256 e. The first-order valence-corrected chi connectivity index (χ1v) is 11.3. The third kappa shape index (κ3) is 2.62. The zero-order valence-corrected chi connectivity index (χ0v) is 18.0. The fraction of sp³-hybridized carbons (Fsp3) is 0.571. The van der Waals surface area contributed by atoms with Crippen LogP contribution in [0.1, 0.15) is 42.5 Å². The molecule has 0 aliphatic carbocycles. The summed E-state index contributed by atoms with van der Waals surface area (Å²) in [5, 5.41) is 8.50. The Morgan fingerprint density at radius 2 is 2.00 bits per heavy atom. The van der Waals surface area contributed by atoms with Crippen LogP contribution in [0, 0.1) is 0 Å². The van der Waals surface area contributed by atoms with Gasteiger partial charge in [0.1, 0.15) is 23.7 Å². The van der Waals surface area contributed by atoms with Crippen LogP contribution in [0.15, 0.2) is 29.2 Å². The fourth-order valence-corrected chi connectivity index (χ4v) is 6.53. The van der Waals surface area contributed by atoms with Crippen LogP contribution in [-0.2, 0) is 33.8 Å². The number of rotatable bonds is 1. The maximum Gasteiger partial charge on any atom is 0.256 e. The average molecular weight is 429 g/mol. The highest BCUT2D eigenvalue weighted by atomic mass is 32.2. The molecule has 4 aliphatic heterocycles. The molecule has 0 N–H and O–H groups in total. The lowest BCUT2D eigenvalue weighted by Gasteiger charge is -2.50. The molecule has 2 fully saturated rings. The fourth-order valence-electron chi connectivity index (χ4n) is 5.12. The van der Waals surface area contributed by atoms with Crippen molar-refractivity contribution in [2.75, 3.05) is 0 Å². The molecule has 1 amide bonds. The molecule has 0 bridgehead atoms. The maximum absolute atomic E-state index is 13.7. The second kappa shape index (κ2) is 6.53. The number of piperidine rings is 1. The molecule has 5 atom stereocenters. The van der Waals surface area contributed by atoms with Crippen molar-refractivity contribution in [2.45, 2.75) is 80.8 Å². The van der Waals surface area contributed by atoms with Crippen molar-refractivity contribution >= 4 is 17.7 Å². The van der Waals surface area contributed by atoms with Crippen molar-refractivity contribution in [3.05, 3.63) is 41.2 Å². The van der Waals surface area contributed by atoms with E-state index in [0.29, 0.717) is 13.2 Å². The summed E-state index contributed by atoms with van der Waals surface area (Å²) in [5.41, 5.74) is 2.65. The molecule has 30 heavy (non-hydrogen) atoms. The lowest BCUT2D eigenvalue weighted by atomic mass is 9.92. The second-order valence-corrected chi connectivity index (χ2v) is 9.80. The normalized spacial score (nSPS) is 33.8. The Kier molecular flexibility index (Phi) is 4.09. The number of carbonyl (C=O) groups excluding carboxylic acids is 1. The predicted molar refractivity (Wildman–Crippen MR) is 108 cm³/mol. The summed E-state index contributed by atoms with van der Waals surface area (Å²) in [6, 6.07) is 7.56. The van der Waals surface area contributed by atoms with Gasteiger partial charge in [0.2, 0.25) is 0 Å². The van der Waals surface area contributed by atoms with E-state index in [1.807, 2.05) is 47.7 Å². The van der Waals surface area contributed by atoms with Crippen LogP contribution in [0.3, 0.4) is 0 Å². The van der Waals surface area contributed by atoms with Gasteiger partial charge >= 0.3 is 0 Å². The van der Waals surface area contributed by atoms with Gasteiger partial charge in [0.15, 0.2) is 5.79 Å². The lowest BCUT2D eigenvalue weighted by Crippen LogP contribution is -2.67. The van der Waals surface area contributed by atoms with Crippen LogP contribution < -0.4 is 0 Å². The topological polar surface area (TPSA) is 78.7 Å². The molecule has 1 aromatic carbocycles. The zero-order chi connectivity index (χ0) is 20.6. The Labute approximate surface area is 178 Å². The second-order valence-electron chi connectivity index (χ2n) is 8.64. The Morgan fingerprint density at radius 3 is 2.83 bits per heavy atom. The number of ether oxygens (including phenoxy) is 3. The molecule has 158 valence electrons. The predicted octanol–water partition coefficient (Wildman–Crippen LogP) is 2.22. The van der Waals surface area contributed by atoms with Gasteiger partial charge < -0.3 is 19.1 Å². The van der Waals surface area contributed by atoms with Gasteiger partial charge in [-0.3, -0.25) is 4.79 Å². The monoisotopic (exact) mass is 428 g/mol. The van der Waals surface area contributed by atoms with E-state index >= 15 is 0 Å². The van der Waals surface area contributed by atoms with E-state index in [0.717, 1.165) is 28.3 Å². The molecule has 0 radical (unpaired) electrons. The molecular weight excluding hydrogens is 404 g/mol. The van der Waals surface area contributed by atoms with Crippen LogP contribution in [0.25, 0.3) is 0 Å². The van der Waals surface area contributed by atoms with Crippen molar-refractivity contribution in [2.24, 2.45) is 0 Å². The summed E-state index contributed by atoms with van der Waals surface area (Å²) in [5.74, 6) is -0.713. The Balaban J connectivity index is 1.47. The van der Waals surface area contributed by atoms with Crippen molar-refractivity contribution in [3.8, 4) is 0 Å². The summed E-state index contributed by atoms with van der Waals surface area (Å²) in [6.07, 6.45) is -0.0206. The van der Waals surface area contributed by atoms with Crippen molar-refractivity contribution in [1.29, 1.82) is 0 Å². The molecule has 0 unspecified atom stereocenters. The number of nitrogens with zero attached hydrogens (tertiary/aromatic N) is 4. The maximum atomic E-state index is 13.7. The van der Waals surface area contributed by atoms with Gasteiger partial charge in [-0.2, -0.15) is 0 Å². The van der Waals surface area contributed by atoms with Gasteiger partial charge in [-0.05, 0) is 32.4 Å². The number of hydrogen-bond acceptors (Lipinski definition) is 7. The van der Waals surface area contributed by atoms with Gasteiger partial charge in [-0.1, -0.05) is 36.0 Å². The molecule has 5 heterocycles. The molecular formula is C21H24N4O4S. The summed E-state index contributed by atoms with van der Waals surface area (Å²) in [7, 11) is 0. The summed E-state index contributed by atoms with van der Waals surface area (Å²) in [4.78, 5) is 16.6. The van der Waals surface area contributed by atoms with E-state index in [1.165, 1.54) is 0 Å². The van der Waals surface area contributed by atoms with E-state index < -0.39 is 5.79 Å². The van der Waals surface area contributed by atoms with E-state index in [9.17, 15) is 4.79 Å². The van der Waals surface area contributed by atoms with E-state index in [-0.39, 0.29) is 35.6 Å². The minimum absolute atomic E-state index is 0.0130. The number of benzene rings is 1. The third-order valence-corrected chi connectivity index (χ3v) is 7.75. The number of carbonyl (C=O) groups is 1. The molecule has 2 aromatic rings. The summed E-state index contributed by atoms with van der Waals surface area (Å²) in [6.45, 7) is 6.85. The molecule has 8 nitrogen and oxygen atoms in total. The third-order valence-electron chi connectivity index (χ3n) is 6.40. The SMILES string of the molecule is CCc1nnn2c1CO[C@H]1[C@@H]3OC(C)(C)O[C@@H]3[C@@H]3Sc4ccccc4C(=O)N3[C@H]1C2. The van der Waals surface area contributed by atoms with E-state index in [4.69, 9.17) is 14.2 Å². The number of aryl methyl sites for hydroxylation is 1. The van der Waals surface area contributed by atoms with Crippen LogP contribution in [-0.4, -0.2) is 61.3 Å². The van der Waals surface area contributed by atoms with Crippen LogP contribution in [0.4, 0.5) is 0 Å². The molecule has 0 saturated carbocycles. The minimum atomic E-state index is -0.726. The largest absolute Gasteiger partial charge is 0.367 e. The Morgan fingerprint density at radius 1 is 1.20 bits per heavy atom. The van der Waals surface area contributed by atoms with Crippen molar-refractivity contribution in [1.82, 2.24) is 19.9 Å². The minimum Gasteiger partial charge on any atom is -0.367 e. The van der Waals surface area contributed by atoms with Gasteiger partial charge in [0.05, 0.1) is 36.1 Å². The first-order chi connectivity index (χ1) is 14.5. The number of hydrogen-bond donors (Lipinski definition) is 0. The highest BCUT2D eigenvalue weighted by Gasteiger charge is 2.61. The number of fused-ring (bicyclic) bond motifs is 8. The van der Waals surface area contributed by atoms with Gasteiger partial charge in [0, 0.05) is 4.90 Å². The first-order valence-electron chi connectivity index (χ1n) is 10.4. The van der Waals surface area contributed by atoms with Gasteiger partial charge in [-0.15, -0.1) is 5.10 Å². The summed E-state index contributed by atoms with van der Waals surface area (Å²) < 4.78 is 21.0. The number of amides is 1. The highest BCUT2D eigenvalue weighted by Crippen LogP contribution is 2.49. The average Bonchev–Trinajstić information content (AvgIpc) is 3.20. The highest BCUT2D eigenvalue weighted by molar-refractivity contribution is 8.00. The van der Waals surface area contributed by atoms with Crippen molar-refractivity contribution in [3.63, 3.8) is 0 Å².